The fourth-order valence-corrected chi connectivity index (χ4v) is 2.98. The molecule has 3 rings (SSSR count). The van der Waals surface area contributed by atoms with E-state index in [2.05, 4.69) is 9.84 Å². The Hall–Kier alpha value is -3.83. The molecule has 1 N–H and O–H groups in total. The molecule has 2 aromatic carbocycles. The summed E-state index contributed by atoms with van der Waals surface area (Å²) >= 11 is 0. The Morgan fingerprint density at radius 1 is 1.03 bits per heavy atom. The van der Waals surface area contributed by atoms with Gasteiger partial charge in [-0.2, -0.15) is 13.9 Å². The third-order valence-corrected chi connectivity index (χ3v) is 4.79. The Bertz CT molecular complexity index is 1190. The van der Waals surface area contributed by atoms with Gasteiger partial charge in [-0.25, -0.2) is 9.48 Å². The lowest BCUT2D eigenvalue weighted by molar-refractivity contribution is -0.274. The van der Waals surface area contributed by atoms with Gasteiger partial charge in [-0.05, 0) is 74.9 Å². The van der Waals surface area contributed by atoms with Crippen LogP contribution in [0.25, 0.3) is 11.3 Å². The summed E-state index contributed by atoms with van der Waals surface area (Å²) in [6.07, 6.45) is -4.85. The van der Waals surface area contributed by atoms with Crippen molar-refractivity contribution in [1.29, 1.82) is 0 Å². The molecular formula is C23H21F5N2O5. The van der Waals surface area contributed by atoms with Crippen molar-refractivity contribution in [2.45, 2.75) is 45.9 Å². The summed E-state index contributed by atoms with van der Waals surface area (Å²) in [5, 5.41) is 13.0. The average Bonchev–Trinajstić information content (AvgIpc) is 3.18. The average molecular weight is 500 g/mol. The van der Waals surface area contributed by atoms with E-state index < -0.39 is 30.2 Å². The monoisotopic (exact) mass is 500 g/mol. The van der Waals surface area contributed by atoms with E-state index in [9.17, 15) is 31.9 Å². The molecule has 0 saturated heterocycles. The predicted octanol–water partition coefficient (Wildman–Crippen LogP) is 5.97. The Morgan fingerprint density at radius 3 is 2.20 bits per heavy atom. The molecule has 0 radical (unpaired) electrons. The zero-order chi connectivity index (χ0) is 26.0. The molecule has 0 atom stereocenters. The third kappa shape index (κ3) is 6.61. The van der Waals surface area contributed by atoms with Gasteiger partial charge in [0.05, 0.1) is 11.4 Å². The van der Waals surface area contributed by atoms with Crippen LogP contribution in [0.1, 0.15) is 31.7 Å². The molecule has 0 aliphatic rings. The minimum Gasteiger partial charge on any atom is -0.487 e. The molecule has 35 heavy (non-hydrogen) atoms. The zero-order valence-corrected chi connectivity index (χ0v) is 18.8. The number of aryl methyl sites for hydroxylation is 1. The number of aliphatic carboxylic acids is 1. The van der Waals surface area contributed by atoms with Crippen LogP contribution in [0.2, 0.25) is 0 Å². The Labute approximate surface area is 196 Å². The molecule has 0 spiro atoms. The number of alkyl halides is 5. The highest BCUT2D eigenvalue weighted by Crippen LogP contribution is 2.30. The van der Waals surface area contributed by atoms with Crippen LogP contribution < -0.4 is 14.2 Å². The quantitative estimate of drug-likeness (QED) is 0.365. The van der Waals surface area contributed by atoms with E-state index in [0.717, 1.165) is 12.1 Å². The van der Waals surface area contributed by atoms with Gasteiger partial charge < -0.3 is 19.3 Å². The fraction of sp³-hybridized carbons (Fsp3) is 0.304. The van der Waals surface area contributed by atoms with Crippen molar-refractivity contribution in [3.05, 3.63) is 59.8 Å². The number of carboxylic acids is 1. The summed E-state index contributed by atoms with van der Waals surface area (Å²) in [4.78, 5) is 11.3. The van der Waals surface area contributed by atoms with Crippen molar-refractivity contribution in [2.75, 3.05) is 0 Å². The summed E-state index contributed by atoms with van der Waals surface area (Å²) < 4.78 is 79.3. The number of hydrogen-bond acceptors (Lipinski definition) is 5. The second kappa shape index (κ2) is 9.80. The Balaban J connectivity index is 1.75. The highest BCUT2D eigenvalue weighted by Gasteiger charge is 2.31. The standard InChI is InChI=1S/C23H21F5N2O5/c1-13-10-17(8-9-19(13)35-22(2,3)20(31)32)33-12-15-11-18(29-30(15)21(24)25)14-4-6-16(7-5-14)34-23(26,27)28/h4-11,21H,12H2,1-3H3,(H,31,32). The Morgan fingerprint density at radius 2 is 1.66 bits per heavy atom. The number of nitrogens with zero attached hydrogens (tertiary/aromatic N) is 2. The van der Waals surface area contributed by atoms with Crippen molar-refractivity contribution in [2.24, 2.45) is 0 Å². The van der Waals surface area contributed by atoms with Crippen molar-refractivity contribution in [3.8, 4) is 28.5 Å². The second-order valence-electron chi connectivity index (χ2n) is 7.95. The van der Waals surface area contributed by atoms with E-state index in [1.165, 1.54) is 44.2 Å². The first kappa shape index (κ1) is 25.8. The molecule has 188 valence electrons. The lowest BCUT2D eigenvalue weighted by atomic mass is 10.1. The lowest BCUT2D eigenvalue weighted by Crippen LogP contribution is -2.38. The van der Waals surface area contributed by atoms with Crippen LogP contribution in [0, 0.1) is 6.92 Å². The molecule has 7 nitrogen and oxygen atoms in total. The molecule has 12 heteroatoms. The van der Waals surface area contributed by atoms with E-state index >= 15 is 0 Å². The van der Waals surface area contributed by atoms with E-state index in [0.29, 0.717) is 27.3 Å². The molecule has 0 saturated carbocycles. The molecule has 0 aliphatic carbocycles. The lowest BCUT2D eigenvalue weighted by Gasteiger charge is -2.23. The molecule has 1 heterocycles. The van der Waals surface area contributed by atoms with Gasteiger partial charge >= 0.3 is 18.9 Å². The minimum absolute atomic E-state index is 0.0237. The van der Waals surface area contributed by atoms with Gasteiger partial charge in [0.15, 0.2) is 5.60 Å². The predicted molar refractivity (Wildman–Crippen MR) is 113 cm³/mol. The van der Waals surface area contributed by atoms with E-state index in [-0.39, 0.29) is 18.0 Å². The third-order valence-electron chi connectivity index (χ3n) is 4.79. The number of benzene rings is 2. The van der Waals surface area contributed by atoms with Crippen molar-refractivity contribution in [3.63, 3.8) is 0 Å². The number of carboxylic acid groups (broad SMARTS) is 1. The van der Waals surface area contributed by atoms with Gasteiger partial charge in [0, 0.05) is 5.56 Å². The van der Waals surface area contributed by atoms with Gasteiger partial charge in [-0.15, -0.1) is 13.2 Å². The number of ether oxygens (including phenoxy) is 3. The second-order valence-corrected chi connectivity index (χ2v) is 7.95. The van der Waals surface area contributed by atoms with Crippen LogP contribution in [-0.4, -0.2) is 32.8 Å². The summed E-state index contributed by atoms with van der Waals surface area (Å²) in [6, 6.07) is 10.6. The number of halogens is 5. The summed E-state index contributed by atoms with van der Waals surface area (Å²) in [5.41, 5.74) is -0.446. The largest absolute Gasteiger partial charge is 0.573 e. The van der Waals surface area contributed by atoms with Crippen LogP contribution in [0.15, 0.2) is 48.5 Å². The van der Waals surface area contributed by atoms with Crippen LogP contribution in [-0.2, 0) is 11.4 Å². The smallest absolute Gasteiger partial charge is 0.487 e. The number of rotatable bonds is 9. The van der Waals surface area contributed by atoms with Gasteiger partial charge in [0.25, 0.3) is 0 Å². The molecule has 0 amide bonds. The van der Waals surface area contributed by atoms with Crippen LogP contribution in [0.5, 0.6) is 17.2 Å². The first-order valence-corrected chi connectivity index (χ1v) is 10.1. The topological polar surface area (TPSA) is 82.8 Å². The van der Waals surface area contributed by atoms with E-state index in [4.69, 9.17) is 9.47 Å². The number of hydrogen-bond donors (Lipinski definition) is 1. The molecule has 0 bridgehead atoms. The zero-order valence-electron chi connectivity index (χ0n) is 18.8. The molecule has 1 aromatic heterocycles. The van der Waals surface area contributed by atoms with Crippen LogP contribution in [0.3, 0.4) is 0 Å². The SMILES string of the molecule is Cc1cc(OCc2cc(-c3ccc(OC(F)(F)F)cc3)nn2C(F)F)ccc1OC(C)(C)C(=O)O. The summed E-state index contributed by atoms with van der Waals surface area (Å²) in [7, 11) is 0. The maximum atomic E-state index is 13.5. The highest BCUT2D eigenvalue weighted by atomic mass is 19.4. The number of aromatic nitrogens is 2. The first-order valence-electron chi connectivity index (χ1n) is 10.1. The van der Waals surface area contributed by atoms with Crippen LogP contribution >= 0.6 is 0 Å². The maximum absolute atomic E-state index is 13.5. The normalized spacial score (nSPS) is 12.0. The molecule has 3 aromatic rings. The van der Waals surface area contributed by atoms with Crippen molar-refractivity contribution >= 4 is 5.97 Å². The molecular weight excluding hydrogens is 479 g/mol. The minimum atomic E-state index is -4.85. The van der Waals surface area contributed by atoms with Gasteiger partial charge in [-0.1, -0.05) is 0 Å². The summed E-state index contributed by atoms with van der Waals surface area (Å²) in [5.74, 6) is -0.953. The van der Waals surface area contributed by atoms with Crippen molar-refractivity contribution < 1.29 is 46.1 Å². The highest BCUT2D eigenvalue weighted by molar-refractivity contribution is 5.76. The molecule has 0 unspecified atom stereocenters. The number of carbonyl (C=O) groups is 1. The van der Waals surface area contributed by atoms with Crippen LogP contribution in [0.4, 0.5) is 22.0 Å². The first-order chi connectivity index (χ1) is 16.2. The van der Waals surface area contributed by atoms with Gasteiger partial charge in [-0.3, -0.25) is 0 Å². The Kier molecular flexibility index (Phi) is 7.22. The van der Waals surface area contributed by atoms with Gasteiger partial charge in [0.2, 0.25) is 0 Å². The van der Waals surface area contributed by atoms with E-state index in [1.54, 1.807) is 13.0 Å². The molecule has 0 aliphatic heterocycles. The fourth-order valence-electron chi connectivity index (χ4n) is 2.98. The van der Waals surface area contributed by atoms with Crippen molar-refractivity contribution in [1.82, 2.24) is 9.78 Å². The molecule has 0 fully saturated rings. The van der Waals surface area contributed by atoms with Gasteiger partial charge in [0.1, 0.15) is 23.9 Å². The maximum Gasteiger partial charge on any atom is 0.573 e. The summed E-state index contributed by atoms with van der Waals surface area (Å²) in [6.45, 7) is 1.21. The van der Waals surface area contributed by atoms with E-state index in [1.807, 2.05) is 0 Å².